The second kappa shape index (κ2) is 14.0. The Bertz CT molecular complexity index is 909. The Morgan fingerprint density at radius 3 is 2.43 bits per heavy atom. The Morgan fingerprint density at radius 2 is 1.86 bits per heavy atom. The van der Waals surface area contributed by atoms with Gasteiger partial charge in [-0.2, -0.15) is 0 Å². The molecule has 1 aromatic rings. The SMILES string of the molecule is CN[C@H](C=O)CC(C)=O.O=C[C@@H]1CCCN2C(=O)CCN(NC(=O)CCc3ccccc3)C(=O)N12. The summed E-state index contributed by atoms with van der Waals surface area (Å²) in [5.74, 6) is -0.491. The van der Waals surface area contributed by atoms with Crippen LogP contribution >= 0.6 is 0 Å². The predicted molar refractivity (Wildman–Crippen MR) is 126 cm³/mol. The summed E-state index contributed by atoms with van der Waals surface area (Å²) in [6, 6.07) is 8.06. The minimum atomic E-state index is -0.679. The molecule has 0 saturated carbocycles. The molecule has 0 unspecified atom stereocenters. The number of hydrazine groups is 2. The number of urea groups is 1. The highest BCUT2D eigenvalue weighted by Gasteiger charge is 2.40. The van der Waals surface area contributed by atoms with Gasteiger partial charge in [0.2, 0.25) is 11.8 Å². The van der Waals surface area contributed by atoms with Crippen molar-refractivity contribution in [3.05, 3.63) is 35.9 Å². The first-order chi connectivity index (χ1) is 16.8. The van der Waals surface area contributed by atoms with Crippen LogP contribution in [0.25, 0.3) is 0 Å². The molecular formula is C24H33N5O6. The van der Waals surface area contributed by atoms with Crippen molar-refractivity contribution >= 4 is 36.2 Å². The molecule has 11 heteroatoms. The van der Waals surface area contributed by atoms with E-state index in [0.29, 0.717) is 38.5 Å². The zero-order chi connectivity index (χ0) is 25.8. The van der Waals surface area contributed by atoms with Gasteiger partial charge >= 0.3 is 6.03 Å². The first-order valence-electron chi connectivity index (χ1n) is 11.6. The van der Waals surface area contributed by atoms with Gasteiger partial charge in [-0.15, -0.1) is 0 Å². The van der Waals surface area contributed by atoms with Crippen LogP contribution in [0.5, 0.6) is 0 Å². The van der Waals surface area contributed by atoms with Crippen LogP contribution in [-0.2, 0) is 30.4 Å². The first kappa shape index (κ1) is 27.6. The number of aldehydes is 2. The fourth-order valence-electron chi connectivity index (χ4n) is 3.77. The minimum absolute atomic E-state index is 0.0291. The van der Waals surface area contributed by atoms with E-state index in [9.17, 15) is 28.8 Å². The molecule has 11 nitrogen and oxygen atoms in total. The maximum atomic E-state index is 12.8. The summed E-state index contributed by atoms with van der Waals surface area (Å²) < 4.78 is 0. The summed E-state index contributed by atoms with van der Waals surface area (Å²) in [6.45, 7) is 1.96. The predicted octanol–water partition coefficient (Wildman–Crippen LogP) is 0.635. The van der Waals surface area contributed by atoms with Crippen molar-refractivity contribution in [2.75, 3.05) is 20.1 Å². The summed E-state index contributed by atoms with van der Waals surface area (Å²) in [7, 11) is 1.65. The van der Waals surface area contributed by atoms with Crippen LogP contribution in [0.15, 0.2) is 30.3 Å². The minimum Gasteiger partial charge on any atom is -0.310 e. The molecule has 1 aromatic carbocycles. The van der Waals surface area contributed by atoms with Crippen molar-refractivity contribution in [2.45, 2.75) is 57.5 Å². The maximum absolute atomic E-state index is 12.8. The molecule has 190 valence electrons. The lowest BCUT2D eigenvalue weighted by Crippen LogP contribution is -2.61. The number of amides is 4. The summed E-state index contributed by atoms with van der Waals surface area (Å²) in [5.41, 5.74) is 3.62. The summed E-state index contributed by atoms with van der Waals surface area (Å²) in [6.07, 6.45) is 3.77. The molecule has 3 rings (SSSR count). The highest BCUT2D eigenvalue weighted by atomic mass is 16.2. The first-order valence-corrected chi connectivity index (χ1v) is 11.6. The molecule has 0 aliphatic carbocycles. The number of nitrogens with one attached hydrogen (secondary N) is 2. The molecule has 0 radical (unpaired) electrons. The number of aryl methyl sites for hydroxylation is 1. The highest BCUT2D eigenvalue weighted by molar-refractivity contribution is 5.88. The number of carbonyl (C=O) groups is 6. The van der Waals surface area contributed by atoms with Gasteiger partial charge < -0.3 is 14.9 Å². The van der Waals surface area contributed by atoms with Crippen molar-refractivity contribution in [3.8, 4) is 0 Å². The molecule has 0 bridgehead atoms. The Kier molecular flexibility index (Phi) is 11.0. The number of hydrogen-bond acceptors (Lipinski definition) is 7. The number of nitrogens with zero attached hydrogens (tertiary/aromatic N) is 3. The molecule has 2 atom stereocenters. The zero-order valence-corrected chi connectivity index (χ0v) is 20.1. The summed E-state index contributed by atoms with van der Waals surface area (Å²) >= 11 is 0. The monoisotopic (exact) mass is 487 g/mol. The van der Waals surface area contributed by atoms with Crippen LogP contribution in [0, 0.1) is 0 Å². The van der Waals surface area contributed by atoms with Crippen LogP contribution < -0.4 is 10.7 Å². The van der Waals surface area contributed by atoms with E-state index in [1.54, 1.807) is 7.05 Å². The number of likely N-dealkylation sites (N-methyl/N-ethyl adjacent to an activating group) is 1. The lowest BCUT2D eigenvalue weighted by atomic mass is 10.1. The van der Waals surface area contributed by atoms with Gasteiger partial charge in [-0.1, -0.05) is 30.3 Å². The molecule has 0 spiro atoms. The van der Waals surface area contributed by atoms with Crippen LogP contribution in [0.1, 0.15) is 44.6 Å². The highest BCUT2D eigenvalue weighted by Crippen LogP contribution is 2.22. The van der Waals surface area contributed by atoms with Gasteiger partial charge in [-0.25, -0.2) is 19.8 Å². The molecule has 0 aromatic heterocycles. The average molecular weight is 488 g/mol. The van der Waals surface area contributed by atoms with Gasteiger partial charge in [-0.05, 0) is 38.8 Å². The number of hydrogen-bond donors (Lipinski definition) is 2. The second-order valence-corrected chi connectivity index (χ2v) is 8.35. The quantitative estimate of drug-likeness (QED) is 0.488. The number of Topliss-reactive ketones (excluding diaryl/α,β-unsaturated/α-hetero) is 1. The van der Waals surface area contributed by atoms with Crippen molar-refractivity contribution in [1.29, 1.82) is 0 Å². The van der Waals surface area contributed by atoms with E-state index in [-0.39, 0.29) is 43.0 Å². The Morgan fingerprint density at radius 1 is 1.14 bits per heavy atom. The second-order valence-electron chi connectivity index (χ2n) is 8.35. The van der Waals surface area contributed by atoms with Crippen LogP contribution in [0.4, 0.5) is 4.79 Å². The van der Waals surface area contributed by atoms with E-state index in [0.717, 1.165) is 16.9 Å². The average Bonchev–Trinajstić information content (AvgIpc) is 2.99. The van der Waals surface area contributed by atoms with E-state index in [1.807, 2.05) is 30.3 Å². The van der Waals surface area contributed by atoms with Gasteiger partial charge in [0.15, 0.2) is 0 Å². The summed E-state index contributed by atoms with van der Waals surface area (Å²) in [5, 5.41) is 6.36. The third-order valence-corrected chi connectivity index (χ3v) is 5.65. The fraction of sp³-hybridized carbons (Fsp3) is 0.500. The number of rotatable bonds is 9. The van der Waals surface area contributed by atoms with E-state index >= 15 is 0 Å². The molecule has 4 amide bonds. The topological polar surface area (TPSA) is 136 Å². The van der Waals surface area contributed by atoms with Crippen LogP contribution in [-0.4, -0.2) is 83.4 Å². The Hall–Kier alpha value is -3.60. The van der Waals surface area contributed by atoms with Gasteiger partial charge in [0, 0.05) is 25.8 Å². The largest absolute Gasteiger partial charge is 0.358 e. The van der Waals surface area contributed by atoms with E-state index < -0.39 is 12.1 Å². The van der Waals surface area contributed by atoms with Gasteiger partial charge in [0.05, 0.1) is 12.6 Å². The van der Waals surface area contributed by atoms with Crippen molar-refractivity contribution in [3.63, 3.8) is 0 Å². The number of carbonyl (C=O) groups excluding carboxylic acids is 6. The molecule has 2 aliphatic rings. The molecule has 2 heterocycles. The zero-order valence-electron chi connectivity index (χ0n) is 20.1. The normalized spacial score (nSPS) is 18.5. The molecule has 2 saturated heterocycles. The lowest BCUT2D eigenvalue weighted by Gasteiger charge is -2.41. The third kappa shape index (κ3) is 8.29. The number of benzene rings is 1. The maximum Gasteiger partial charge on any atom is 0.358 e. The van der Waals surface area contributed by atoms with E-state index in [2.05, 4.69) is 10.7 Å². The molecule has 2 N–H and O–H groups in total. The molecule has 35 heavy (non-hydrogen) atoms. The smallest absolute Gasteiger partial charge is 0.310 e. The van der Waals surface area contributed by atoms with Crippen molar-refractivity contribution in [1.82, 2.24) is 25.8 Å². The molecule has 2 aliphatic heterocycles. The van der Waals surface area contributed by atoms with Crippen LogP contribution in [0.2, 0.25) is 0 Å². The van der Waals surface area contributed by atoms with Gasteiger partial charge in [-0.3, -0.25) is 19.8 Å². The molecule has 2 fully saturated rings. The van der Waals surface area contributed by atoms with Crippen LogP contribution in [0.3, 0.4) is 0 Å². The number of ketones is 1. The summed E-state index contributed by atoms with van der Waals surface area (Å²) in [4.78, 5) is 69.1. The third-order valence-electron chi connectivity index (χ3n) is 5.65. The fourth-order valence-corrected chi connectivity index (χ4v) is 3.77. The Balaban J connectivity index is 0.000000410. The van der Waals surface area contributed by atoms with Crippen molar-refractivity contribution < 1.29 is 28.8 Å². The van der Waals surface area contributed by atoms with Gasteiger partial charge in [0.1, 0.15) is 24.4 Å². The number of fused-ring (bicyclic) bond motifs is 1. The lowest BCUT2D eigenvalue weighted by molar-refractivity contribution is -0.151. The van der Waals surface area contributed by atoms with Crippen molar-refractivity contribution in [2.24, 2.45) is 0 Å². The Labute approximate surface area is 204 Å². The van der Waals surface area contributed by atoms with E-state index in [4.69, 9.17) is 0 Å². The molecular weight excluding hydrogens is 454 g/mol. The standard InChI is InChI=1S/C18H22N4O4.C6H11NO2/c23-13-15-7-4-11-21-17(25)10-12-20(18(26)22(15)21)19-16(24)9-8-14-5-2-1-3-6-14;1-5(9)3-6(4-8)7-2/h1-3,5-6,13,15H,4,7-12H2,(H,19,24);4,6-7H,3H2,1-2H3/t15-;6-/m00/s1. The van der Waals surface area contributed by atoms with Gasteiger partial charge in [0.25, 0.3) is 0 Å². The van der Waals surface area contributed by atoms with E-state index in [1.165, 1.54) is 16.9 Å².